The lowest BCUT2D eigenvalue weighted by molar-refractivity contribution is 0.0769. The molecular formula is C21H22ClN3O4. The van der Waals surface area contributed by atoms with Crippen molar-refractivity contribution in [1.82, 2.24) is 15.0 Å². The second kappa shape index (κ2) is 9.43. The standard InChI is InChI=1S/C21H22ClN3O4/c1-4-27-16-9-6-14(7-10-16)20-23-19(29-24-20)13-25(3)21(26)15-8-11-18(28-5-2)17(22)12-15/h6-12H,4-5,13H2,1-3H3. The van der Waals surface area contributed by atoms with Crippen LogP contribution < -0.4 is 9.47 Å². The van der Waals surface area contributed by atoms with Gasteiger partial charge in [0.15, 0.2) is 0 Å². The van der Waals surface area contributed by atoms with Crippen molar-refractivity contribution in [1.29, 1.82) is 0 Å². The fourth-order valence-corrected chi connectivity index (χ4v) is 2.94. The fourth-order valence-electron chi connectivity index (χ4n) is 2.70. The minimum Gasteiger partial charge on any atom is -0.494 e. The van der Waals surface area contributed by atoms with Crippen LogP contribution in [0.5, 0.6) is 11.5 Å². The van der Waals surface area contributed by atoms with Crippen molar-refractivity contribution in [3.63, 3.8) is 0 Å². The third-order valence-corrected chi connectivity index (χ3v) is 4.38. The molecule has 0 saturated heterocycles. The van der Waals surface area contributed by atoms with Crippen molar-refractivity contribution in [3.8, 4) is 22.9 Å². The van der Waals surface area contributed by atoms with Gasteiger partial charge in [-0.15, -0.1) is 0 Å². The molecule has 0 spiro atoms. The summed E-state index contributed by atoms with van der Waals surface area (Å²) in [5, 5.41) is 4.38. The first-order valence-electron chi connectivity index (χ1n) is 9.25. The van der Waals surface area contributed by atoms with Gasteiger partial charge in [0.2, 0.25) is 11.7 Å². The van der Waals surface area contributed by atoms with Gasteiger partial charge in [-0.2, -0.15) is 4.98 Å². The van der Waals surface area contributed by atoms with E-state index in [9.17, 15) is 4.79 Å². The number of ether oxygens (including phenoxy) is 2. The van der Waals surface area contributed by atoms with Crippen LogP contribution in [0.15, 0.2) is 47.0 Å². The lowest BCUT2D eigenvalue weighted by Gasteiger charge is -2.15. The van der Waals surface area contributed by atoms with Gasteiger partial charge in [-0.05, 0) is 56.3 Å². The molecule has 0 aliphatic carbocycles. The Morgan fingerprint density at radius 2 is 1.83 bits per heavy atom. The Labute approximate surface area is 174 Å². The number of rotatable bonds is 8. The van der Waals surface area contributed by atoms with Crippen molar-refractivity contribution in [2.75, 3.05) is 20.3 Å². The van der Waals surface area contributed by atoms with E-state index in [2.05, 4.69) is 10.1 Å². The van der Waals surface area contributed by atoms with Crippen molar-refractivity contribution < 1.29 is 18.8 Å². The van der Waals surface area contributed by atoms with Crippen LogP contribution in [0, 0.1) is 0 Å². The monoisotopic (exact) mass is 415 g/mol. The molecule has 3 aromatic rings. The highest BCUT2D eigenvalue weighted by molar-refractivity contribution is 6.32. The Kier molecular flexibility index (Phi) is 6.72. The van der Waals surface area contributed by atoms with Crippen LogP contribution in [-0.4, -0.2) is 41.2 Å². The fraction of sp³-hybridized carbons (Fsp3) is 0.286. The van der Waals surface area contributed by atoms with Gasteiger partial charge < -0.3 is 18.9 Å². The van der Waals surface area contributed by atoms with Gasteiger partial charge >= 0.3 is 0 Å². The average Bonchev–Trinajstić information content (AvgIpc) is 3.18. The number of hydrogen-bond acceptors (Lipinski definition) is 6. The quantitative estimate of drug-likeness (QED) is 0.540. The van der Waals surface area contributed by atoms with Gasteiger partial charge in [-0.3, -0.25) is 4.79 Å². The highest BCUT2D eigenvalue weighted by Gasteiger charge is 2.17. The summed E-state index contributed by atoms with van der Waals surface area (Å²) in [7, 11) is 1.66. The molecule has 7 nitrogen and oxygen atoms in total. The van der Waals surface area contributed by atoms with E-state index in [1.807, 2.05) is 38.1 Å². The van der Waals surface area contributed by atoms with Crippen LogP contribution >= 0.6 is 11.6 Å². The number of amides is 1. The third-order valence-electron chi connectivity index (χ3n) is 4.09. The number of carbonyl (C=O) groups is 1. The zero-order chi connectivity index (χ0) is 20.8. The van der Waals surface area contributed by atoms with E-state index in [0.717, 1.165) is 11.3 Å². The molecule has 1 heterocycles. The Bertz CT molecular complexity index is 972. The summed E-state index contributed by atoms with van der Waals surface area (Å²) < 4.78 is 16.1. The Balaban J connectivity index is 1.67. The summed E-state index contributed by atoms with van der Waals surface area (Å²) in [6.07, 6.45) is 0. The molecule has 0 aliphatic heterocycles. The van der Waals surface area contributed by atoms with E-state index < -0.39 is 0 Å². The minimum atomic E-state index is -0.212. The van der Waals surface area contributed by atoms with E-state index in [1.54, 1.807) is 25.2 Å². The predicted octanol–water partition coefficient (Wildman–Crippen LogP) is 4.46. The molecule has 0 bridgehead atoms. The van der Waals surface area contributed by atoms with E-state index in [0.29, 0.717) is 41.3 Å². The van der Waals surface area contributed by atoms with Crippen molar-refractivity contribution in [2.24, 2.45) is 0 Å². The molecule has 3 rings (SSSR count). The van der Waals surface area contributed by atoms with Crippen LogP contribution in [0.2, 0.25) is 5.02 Å². The average molecular weight is 416 g/mol. The Hall–Kier alpha value is -3.06. The predicted molar refractivity (Wildman–Crippen MR) is 109 cm³/mol. The highest BCUT2D eigenvalue weighted by Crippen LogP contribution is 2.26. The highest BCUT2D eigenvalue weighted by atomic mass is 35.5. The lowest BCUT2D eigenvalue weighted by Crippen LogP contribution is -2.26. The smallest absolute Gasteiger partial charge is 0.254 e. The molecule has 1 amide bonds. The number of aromatic nitrogens is 2. The normalized spacial score (nSPS) is 10.6. The van der Waals surface area contributed by atoms with Crippen molar-refractivity contribution >= 4 is 17.5 Å². The molecule has 152 valence electrons. The maximum atomic E-state index is 12.7. The van der Waals surface area contributed by atoms with E-state index in [-0.39, 0.29) is 12.5 Å². The van der Waals surface area contributed by atoms with Crippen LogP contribution in [0.25, 0.3) is 11.4 Å². The summed E-state index contributed by atoms with van der Waals surface area (Å²) in [4.78, 5) is 18.5. The van der Waals surface area contributed by atoms with E-state index in [1.165, 1.54) is 4.90 Å². The van der Waals surface area contributed by atoms with Gasteiger partial charge in [0.25, 0.3) is 5.91 Å². The second-order valence-electron chi connectivity index (χ2n) is 6.21. The number of halogens is 1. The lowest BCUT2D eigenvalue weighted by atomic mass is 10.2. The molecule has 29 heavy (non-hydrogen) atoms. The molecule has 1 aromatic heterocycles. The molecule has 0 fully saturated rings. The van der Waals surface area contributed by atoms with Crippen LogP contribution in [0.1, 0.15) is 30.1 Å². The molecule has 0 radical (unpaired) electrons. The Morgan fingerprint density at radius 3 is 2.48 bits per heavy atom. The van der Waals surface area contributed by atoms with E-state index >= 15 is 0 Å². The number of carbonyl (C=O) groups excluding carboxylic acids is 1. The van der Waals surface area contributed by atoms with Crippen LogP contribution in [0.4, 0.5) is 0 Å². The molecule has 0 aliphatic rings. The molecular weight excluding hydrogens is 394 g/mol. The van der Waals surface area contributed by atoms with Gasteiger partial charge in [-0.1, -0.05) is 16.8 Å². The maximum absolute atomic E-state index is 12.7. The molecule has 0 saturated carbocycles. The third kappa shape index (κ3) is 5.06. The molecule has 0 unspecified atom stereocenters. The van der Waals surface area contributed by atoms with Gasteiger partial charge in [0, 0.05) is 18.2 Å². The molecule has 8 heteroatoms. The second-order valence-corrected chi connectivity index (χ2v) is 6.62. The first-order chi connectivity index (χ1) is 14.0. The van der Waals surface area contributed by atoms with Crippen molar-refractivity contribution in [2.45, 2.75) is 20.4 Å². The minimum absolute atomic E-state index is 0.174. The zero-order valence-electron chi connectivity index (χ0n) is 16.5. The molecule has 0 atom stereocenters. The number of nitrogens with zero attached hydrogens (tertiary/aromatic N) is 3. The number of hydrogen-bond donors (Lipinski definition) is 0. The maximum Gasteiger partial charge on any atom is 0.254 e. The van der Waals surface area contributed by atoms with Crippen LogP contribution in [-0.2, 0) is 6.54 Å². The van der Waals surface area contributed by atoms with Gasteiger partial charge in [0.1, 0.15) is 11.5 Å². The molecule has 2 aromatic carbocycles. The summed E-state index contributed by atoms with van der Waals surface area (Å²) in [5.74, 6) is 1.90. The topological polar surface area (TPSA) is 77.7 Å². The van der Waals surface area contributed by atoms with Crippen molar-refractivity contribution in [3.05, 3.63) is 58.9 Å². The Morgan fingerprint density at radius 1 is 1.10 bits per heavy atom. The molecule has 0 N–H and O–H groups in total. The first-order valence-corrected chi connectivity index (χ1v) is 9.63. The largest absolute Gasteiger partial charge is 0.494 e. The summed E-state index contributed by atoms with van der Waals surface area (Å²) in [6.45, 7) is 5.08. The van der Waals surface area contributed by atoms with Crippen LogP contribution in [0.3, 0.4) is 0 Å². The zero-order valence-corrected chi connectivity index (χ0v) is 17.3. The number of benzene rings is 2. The summed E-state index contributed by atoms with van der Waals surface area (Å²) in [6, 6.07) is 12.4. The summed E-state index contributed by atoms with van der Waals surface area (Å²) >= 11 is 6.17. The summed E-state index contributed by atoms with van der Waals surface area (Å²) in [5.41, 5.74) is 1.25. The first kappa shape index (κ1) is 20.7. The van der Waals surface area contributed by atoms with E-state index in [4.69, 9.17) is 25.6 Å². The van der Waals surface area contributed by atoms with Gasteiger partial charge in [0.05, 0.1) is 24.8 Å². The van der Waals surface area contributed by atoms with Gasteiger partial charge in [-0.25, -0.2) is 0 Å². The SMILES string of the molecule is CCOc1ccc(-c2noc(CN(C)C(=O)c3ccc(OCC)c(Cl)c3)n2)cc1.